The average molecular weight is 307 g/mol. The molecule has 116 valence electrons. The number of carbonyl (C=O) groups excluding carboxylic acids is 1. The molecule has 0 saturated carbocycles. The van der Waals surface area contributed by atoms with Crippen molar-refractivity contribution in [3.8, 4) is 5.75 Å². The fourth-order valence-electron chi connectivity index (χ4n) is 4.13. The zero-order valence-electron chi connectivity index (χ0n) is 12.9. The minimum atomic E-state index is 0.0713. The van der Waals surface area contributed by atoms with Crippen molar-refractivity contribution in [1.29, 1.82) is 0 Å². The average Bonchev–Trinajstić information content (AvgIpc) is 3.29. The van der Waals surface area contributed by atoms with Crippen LogP contribution in [0.4, 0.5) is 5.69 Å². The van der Waals surface area contributed by atoms with Gasteiger partial charge in [0.2, 0.25) is 0 Å². The number of amides is 1. The van der Waals surface area contributed by atoms with E-state index in [1.54, 1.807) is 7.11 Å². The summed E-state index contributed by atoms with van der Waals surface area (Å²) in [5.41, 5.74) is 4.17. The minimum Gasteiger partial charge on any atom is -0.496 e. The lowest BCUT2D eigenvalue weighted by molar-refractivity contribution is 0.0987. The Morgan fingerprint density at radius 1 is 1.17 bits per heavy atom. The van der Waals surface area contributed by atoms with Crippen molar-refractivity contribution in [1.82, 2.24) is 0 Å². The molecule has 4 nitrogen and oxygen atoms in total. The third-order valence-electron chi connectivity index (χ3n) is 5.20. The smallest absolute Gasteiger partial charge is 0.258 e. The molecule has 23 heavy (non-hydrogen) atoms. The van der Waals surface area contributed by atoms with Gasteiger partial charge in [-0.05, 0) is 36.2 Å². The molecule has 2 aromatic rings. The molecule has 2 aromatic carbocycles. The first-order chi connectivity index (χ1) is 11.3. The number of methoxy groups -OCH3 is 1. The number of rotatable bonds is 2. The maximum atomic E-state index is 12.9. The summed E-state index contributed by atoms with van der Waals surface area (Å²) in [6.07, 6.45) is 1.45. The Balaban J connectivity index is 1.62. The lowest BCUT2D eigenvalue weighted by Gasteiger charge is -2.19. The third-order valence-corrected chi connectivity index (χ3v) is 5.20. The lowest BCUT2D eigenvalue weighted by atomic mass is 9.83. The lowest BCUT2D eigenvalue weighted by Crippen LogP contribution is -2.30. The van der Waals surface area contributed by atoms with Crippen LogP contribution in [0.15, 0.2) is 42.5 Å². The Labute approximate surface area is 134 Å². The number of hydrogen-bond donors (Lipinski definition) is 0. The maximum Gasteiger partial charge on any atom is 0.258 e. The summed E-state index contributed by atoms with van der Waals surface area (Å²) in [5.74, 6) is 1.31. The van der Waals surface area contributed by atoms with Gasteiger partial charge in [-0.3, -0.25) is 4.79 Å². The molecule has 0 radical (unpaired) electrons. The Morgan fingerprint density at radius 3 is 2.78 bits per heavy atom. The summed E-state index contributed by atoms with van der Waals surface area (Å²) in [4.78, 5) is 14.8. The summed E-state index contributed by atoms with van der Waals surface area (Å²) < 4.78 is 11.3. The molecule has 0 unspecified atom stereocenters. The van der Waals surface area contributed by atoms with Crippen molar-refractivity contribution in [2.45, 2.75) is 24.5 Å². The standard InChI is InChI=1S/C19H17NO3/c1-22-14-8-7-13-16-12(9-15-18(23-15)17(14)16)10-20(13)19(21)11-5-3-2-4-6-11/h2-8,12,15,18H,9-10H2,1H3/t12-,15+,18+/m0/s1. The number of hydrogen-bond acceptors (Lipinski definition) is 3. The van der Waals surface area contributed by atoms with Gasteiger partial charge in [-0.2, -0.15) is 0 Å². The Kier molecular flexibility index (Phi) is 2.62. The number of fused-ring (bicyclic) bond motifs is 2. The van der Waals surface area contributed by atoms with Crippen LogP contribution in [0.3, 0.4) is 0 Å². The molecule has 1 fully saturated rings. The molecule has 0 N–H and O–H groups in total. The van der Waals surface area contributed by atoms with E-state index in [0.29, 0.717) is 12.0 Å². The van der Waals surface area contributed by atoms with Crippen LogP contribution >= 0.6 is 0 Å². The highest BCUT2D eigenvalue weighted by molar-refractivity contribution is 6.07. The largest absolute Gasteiger partial charge is 0.496 e. The van der Waals surface area contributed by atoms with Crippen LogP contribution in [-0.2, 0) is 4.74 Å². The predicted octanol–water partition coefficient (Wildman–Crippen LogP) is 3.28. The predicted molar refractivity (Wildman–Crippen MR) is 86.1 cm³/mol. The summed E-state index contributed by atoms with van der Waals surface area (Å²) in [6.45, 7) is 0.732. The van der Waals surface area contributed by atoms with Gasteiger partial charge >= 0.3 is 0 Å². The maximum absolute atomic E-state index is 12.9. The Morgan fingerprint density at radius 2 is 2.00 bits per heavy atom. The van der Waals surface area contributed by atoms with E-state index in [0.717, 1.165) is 35.5 Å². The molecule has 5 rings (SSSR count). The van der Waals surface area contributed by atoms with Gasteiger partial charge in [0.25, 0.3) is 5.91 Å². The molecule has 1 saturated heterocycles. The van der Waals surface area contributed by atoms with E-state index in [9.17, 15) is 4.79 Å². The van der Waals surface area contributed by atoms with Gasteiger partial charge in [0, 0.05) is 29.3 Å². The van der Waals surface area contributed by atoms with Crippen LogP contribution in [0.2, 0.25) is 0 Å². The first-order valence-electron chi connectivity index (χ1n) is 8.01. The van der Waals surface area contributed by atoms with Crippen molar-refractivity contribution in [3.05, 3.63) is 59.2 Å². The van der Waals surface area contributed by atoms with Gasteiger partial charge in [0.05, 0.1) is 13.2 Å². The zero-order chi connectivity index (χ0) is 15.6. The Bertz CT molecular complexity index is 802. The van der Waals surface area contributed by atoms with E-state index < -0.39 is 0 Å². The van der Waals surface area contributed by atoms with Crippen LogP contribution in [-0.4, -0.2) is 25.7 Å². The SMILES string of the molecule is COc1ccc2c3c1[C@@H]1O[C@@H]1C[C@H]3CN2C(=O)c1ccccc1. The fraction of sp³-hybridized carbons (Fsp3) is 0.316. The van der Waals surface area contributed by atoms with Gasteiger partial charge in [-0.25, -0.2) is 0 Å². The van der Waals surface area contributed by atoms with E-state index in [-0.39, 0.29) is 12.0 Å². The zero-order valence-corrected chi connectivity index (χ0v) is 12.9. The van der Waals surface area contributed by atoms with Crippen molar-refractivity contribution in [2.75, 3.05) is 18.6 Å². The fourth-order valence-corrected chi connectivity index (χ4v) is 4.13. The molecule has 0 bridgehead atoms. The molecule has 2 heterocycles. The molecule has 2 aliphatic heterocycles. The van der Waals surface area contributed by atoms with Crippen molar-refractivity contribution in [3.63, 3.8) is 0 Å². The number of anilines is 1. The van der Waals surface area contributed by atoms with Crippen LogP contribution in [0, 0.1) is 0 Å². The van der Waals surface area contributed by atoms with Gasteiger partial charge in [0.15, 0.2) is 0 Å². The van der Waals surface area contributed by atoms with E-state index in [4.69, 9.17) is 9.47 Å². The molecule has 1 amide bonds. The summed E-state index contributed by atoms with van der Waals surface area (Å²) >= 11 is 0. The molecular formula is C19H17NO3. The van der Waals surface area contributed by atoms with Crippen molar-refractivity contribution < 1.29 is 14.3 Å². The van der Waals surface area contributed by atoms with Gasteiger partial charge < -0.3 is 14.4 Å². The summed E-state index contributed by atoms with van der Waals surface area (Å²) in [6, 6.07) is 13.5. The van der Waals surface area contributed by atoms with Crippen molar-refractivity contribution >= 4 is 11.6 Å². The molecule has 3 atom stereocenters. The number of ether oxygens (including phenoxy) is 2. The highest BCUT2D eigenvalue weighted by Gasteiger charge is 2.53. The van der Waals surface area contributed by atoms with Gasteiger partial charge in [-0.1, -0.05) is 18.2 Å². The van der Waals surface area contributed by atoms with E-state index >= 15 is 0 Å². The van der Waals surface area contributed by atoms with Crippen LogP contribution in [0.1, 0.15) is 39.9 Å². The second kappa shape index (κ2) is 4.59. The number of epoxide rings is 1. The molecule has 0 aromatic heterocycles. The molecule has 1 aliphatic carbocycles. The highest BCUT2D eigenvalue weighted by atomic mass is 16.6. The summed E-state index contributed by atoms with van der Waals surface area (Å²) in [5, 5.41) is 0. The minimum absolute atomic E-state index is 0.0713. The molecular weight excluding hydrogens is 290 g/mol. The second-order valence-corrected chi connectivity index (χ2v) is 6.42. The number of carbonyl (C=O) groups is 1. The molecule has 4 heteroatoms. The molecule has 3 aliphatic rings. The van der Waals surface area contributed by atoms with Crippen LogP contribution in [0.5, 0.6) is 5.75 Å². The van der Waals surface area contributed by atoms with Gasteiger partial charge in [-0.15, -0.1) is 0 Å². The van der Waals surface area contributed by atoms with Gasteiger partial charge in [0.1, 0.15) is 11.9 Å². The highest BCUT2D eigenvalue weighted by Crippen LogP contribution is 2.59. The van der Waals surface area contributed by atoms with Crippen LogP contribution < -0.4 is 9.64 Å². The quantitative estimate of drug-likeness (QED) is 0.800. The van der Waals surface area contributed by atoms with E-state index in [1.807, 2.05) is 47.4 Å². The third kappa shape index (κ3) is 1.78. The van der Waals surface area contributed by atoms with Crippen LogP contribution in [0.25, 0.3) is 0 Å². The first kappa shape index (κ1) is 13.1. The van der Waals surface area contributed by atoms with E-state index in [2.05, 4.69) is 0 Å². The number of benzene rings is 2. The monoisotopic (exact) mass is 307 g/mol. The Hall–Kier alpha value is -2.33. The molecule has 0 spiro atoms. The van der Waals surface area contributed by atoms with E-state index in [1.165, 1.54) is 5.56 Å². The first-order valence-corrected chi connectivity index (χ1v) is 8.01. The van der Waals surface area contributed by atoms with Crippen molar-refractivity contribution in [2.24, 2.45) is 0 Å². The topological polar surface area (TPSA) is 42.1 Å². The summed E-state index contributed by atoms with van der Waals surface area (Å²) in [7, 11) is 1.70. The second-order valence-electron chi connectivity index (χ2n) is 6.42. The number of nitrogens with zero attached hydrogens (tertiary/aromatic N) is 1. The normalized spacial score (nSPS) is 26.5.